The van der Waals surface area contributed by atoms with E-state index in [1.165, 1.54) is 9.80 Å². The molecule has 0 bridgehead atoms. The Balaban J connectivity index is 2.52. The van der Waals surface area contributed by atoms with E-state index in [9.17, 15) is 14.0 Å². The highest BCUT2D eigenvalue weighted by Crippen LogP contribution is 2.20. The van der Waals surface area contributed by atoms with Crippen molar-refractivity contribution in [3.05, 3.63) is 0 Å². The Kier molecular flexibility index (Phi) is 5.67. The molecule has 0 spiro atoms. The lowest BCUT2D eigenvalue weighted by molar-refractivity contribution is -0.132. The Morgan fingerprint density at radius 1 is 1.48 bits per heavy atom. The maximum Gasteiger partial charge on any atom is 0.237 e. The molecule has 1 rings (SSSR count). The van der Waals surface area contributed by atoms with Gasteiger partial charge < -0.3 is 15.1 Å². The zero-order chi connectivity index (χ0) is 16.2. The molecule has 1 heterocycles. The summed E-state index contributed by atoms with van der Waals surface area (Å²) in [6.07, 6.45) is -0.812. The van der Waals surface area contributed by atoms with E-state index < -0.39 is 17.8 Å². The van der Waals surface area contributed by atoms with Gasteiger partial charge in [0.2, 0.25) is 11.8 Å². The van der Waals surface area contributed by atoms with Gasteiger partial charge in [0.05, 0.1) is 19.2 Å². The Bertz CT molecular complexity index is 445. The van der Waals surface area contributed by atoms with E-state index in [0.29, 0.717) is 0 Å². The fraction of sp³-hybridized carbons (Fsp3) is 0.786. The van der Waals surface area contributed by atoms with Crippen LogP contribution in [0.15, 0.2) is 0 Å². The van der Waals surface area contributed by atoms with E-state index in [2.05, 4.69) is 5.32 Å². The van der Waals surface area contributed by atoms with Gasteiger partial charge in [-0.15, -0.1) is 0 Å². The highest BCUT2D eigenvalue weighted by Gasteiger charge is 2.35. The van der Waals surface area contributed by atoms with Crippen molar-refractivity contribution in [1.82, 2.24) is 15.1 Å². The van der Waals surface area contributed by atoms with Crippen molar-refractivity contribution in [3.63, 3.8) is 0 Å². The molecular formula is C14H23FN4O2. The van der Waals surface area contributed by atoms with Crippen LogP contribution < -0.4 is 5.32 Å². The Labute approximate surface area is 124 Å². The van der Waals surface area contributed by atoms with Crippen molar-refractivity contribution in [3.8, 4) is 6.07 Å². The molecule has 1 fully saturated rings. The quantitative estimate of drug-likeness (QED) is 0.792. The van der Waals surface area contributed by atoms with Crippen molar-refractivity contribution in [2.24, 2.45) is 0 Å². The second-order valence-electron chi connectivity index (χ2n) is 6.23. The largest absolute Gasteiger partial charge is 0.349 e. The summed E-state index contributed by atoms with van der Waals surface area (Å²) in [5.41, 5.74) is -0.548. The molecule has 1 saturated heterocycles. The second-order valence-corrected chi connectivity index (χ2v) is 6.23. The first-order valence-corrected chi connectivity index (χ1v) is 6.94. The Hall–Kier alpha value is -1.68. The molecule has 2 amide bonds. The standard InChI is InChI=1S/C14H23FN4O2/c1-14(2,6-12(20)18(3)4)17-8-13(21)19-9-10(15)5-11(19)7-16/h10-11,17H,5-6,8-9H2,1-4H3/t10-,11-/m0/s1. The van der Waals surface area contributed by atoms with Crippen molar-refractivity contribution >= 4 is 11.8 Å². The van der Waals surface area contributed by atoms with Gasteiger partial charge in [-0.25, -0.2) is 4.39 Å². The summed E-state index contributed by atoms with van der Waals surface area (Å²) >= 11 is 0. The number of hydrogen-bond acceptors (Lipinski definition) is 4. The molecule has 1 aliphatic rings. The molecule has 0 radical (unpaired) electrons. The van der Waals surface area contributed by atoms with E-state index in [4.69, 9.17) is 5.26 Å². The summed E-state index contributed by atoms with van der Waals surface area (Å²) in [5, 5.41) is 11.9. The first-order valence-electron chi connectivity index (χ1n) is 6.94. The van der Waals surface area contributed by atoms with Crippen molar-refractivity contribution in [2.45, 2.75) is 44.4 Å². The van der Waals surface area contributed by atoms with E-state index in [1.54, 1.807) is 14.1 Å². The predicted octanol–water partition coefficient (Wildman–Crippen LogP) is 0.295. The molecule has 0 saturated carbocycles. The van der Waals surface area contributed by atoms with Crippen molar-refractivity contribution < 1.29 is 14.0 Å². The average Bonchev–Trinajstić information content (AvgIpc) is 2.76. The second kappa shape index (κ2) is 6.85. The normalized spacial score (nSPS) is 22.0. The number of carbonyl (C=O) groups is 2. The van der Waals surface area contributed by atoms with Crippen LogP contribution in [-0.2, 0) is 9.59 Å². The van der Waals surface area contributed by atoms with Crippen LogP contribution in [-0.4, -0.2) is 66.6 Å². The summed E-state index contributed by atoms with van der Waals surface area (Å²) in [5.74, 6) is -0.355. The molecule has 21 heavy (non-hydrogen) atoms. The number of alkyl halides is 1. The van der Waals surface area contributed by atoms with E-state index >= 15 is 0 Å². The van der Waals surface area contributed by atoms with Gasteiger partial charge in [0.1, 0.15) is 12.2 Å². The molecule has 0 aromatic rings. The first kappa shape index (κ1) is 17.4. The smallest absolute Gasteiger partial charge is 0.237 e. The fourth-order valence-corrected chi connectivity index (χ4v) is 2.20. The minimum absolute atomic E-state index is 0.0153. The molecule has 0 unspecified atom stereocenters. The molecule has 6 nitrogen and oxygen atoms in total. The van der Waals surface area contributed by atoms with Crippen LogP contribution in [0.2, 0.25) is 0 Å². The van der Waals surface area contributed by atoms with Crippen LogP contribution in [0.5, 0.6) is 0 Å². The maximum atomic E-state index is 13.3. The van der Waals surface area contributed by atoms with Gasteiger partial charge in [0, 0.05) is 32.5 Å². The number of nitriles is 1. The summed E-state index contributed by atoms with van der Waals surface area (Å²) in [6.45, 7) is 3.60. The Morgan fingerprint density at radius 3 is 2.62 bits per heavy atom. The SMILES string of the molecule is CN(C)C(=O)CC(C)(C)NCC(=O)N1C[C@@H](F)C[C@H]1C#N. The number of halogens is 1. The van der Waals surface area contributed by atoms with Crippen LogP contribution >= 0.6 is 0 Å². The van der Waals surface area contributed by atoms with Crippen LogP contribution in [0, 0.1) is 11.3 Å². The van der Waals surface area contributed by atoms with Crippen LogP contribution in [0.3, 0.4) is 0 Å². The summed E-state index contributed by atoms with van der Waals surface area (Å²) in [4.78, 5) is 26.5. The number of carbonyl (C=O) groups excluding carboxylic acids is 2. The summed E-state index contributed by atoms with van der Waals surface area (Å²) in [6, 6.07) is 1.25. The number of nitrogens with one attached hydrogen (secondary N) is 1. The van der Waals surface area contributed by atoms with Gasteiger partial charge >= 0.3 is 0 Å². The van der Waals surface area contributed by atoms with Crippen molar-refractivity contribution in [2.75, 3.05) is 27.2 Å². The zero-order valence-corrected chi connectivity index (χ0v) is 13.0. The van der Waals surface area contributed by atoms with E-state index in [0.717, 1.165) is 0 Å². The number of nitrogens with zero attached hydrogens (tertiary/aromatic N) is 3. The summed E-state index contributed by atoms with van der Waals surface area (Å²) in [7, 11) is 3.35. The van der Waals surface area contributed by atoms with Gasteiger partial charge in [-0.2, -0.15) is 5.26 Å². The van der Waals surface area contributed by atoms with Crippen LogP contribution in [0.1, 0.15) is 26.7 Å². The number of hydrogen-bond donors (Lipinski definition) is 1. The zero-order valence-electron chi connectivity index (χ0n) is 13.0. The third kappa shape index (κ3) is 4.97. The van der Waals surface area contributed by atoms with Gasteiger partial charge in [-0.05, 0) is 13.8 Å². The van der Waals surface area contributed by atoms with Crippen molar-refractivity contribution in [1.29, 1.82) is 5.26 Å². The minimum Gasteiger partial charge on any atom is -0.349 e. The predicted molar refractivity (Wildman–Crippen MR) is 76.0 cm³/mol. The summed E-state index contributed by atoms with van der Waals surface area (Å²) < 4.78 is 13.3. The maximum absolute atomic E-state index is 13.3. The molecule has 2 atom stereocenters. The Morgan fingerprint density at radius 2 is 2.10 bits per heavy atom. The molecule has 118 valence electrons. The molecular weight excluding hydrogens is 275 g/mol. The lowest BCUT2D eigenvalue weighted by Gasteiger charge is -2.28. The monoisotopic (exact) mass is 298 g/mol. The average molecular weight is 298 g/mol. The highest BCUT2D eigenvalue weighted by molar-refractivity contribution is 5.80. The van der Waals surface area contributed by atoms with Gasteiger partial charge in [-0.1, -0.05) is 0 Å². The lowest BCUT2D eigenvalue weighted by Crippen LogP contribution is -2.49. The topological polar surface area (TPSA) is 76.4 Å². The third-order valence-electron chi connectivity index (χ3n) is 3.53. The minimum atomic E-state index is -1.14. The highest BCUT2D eigenvalue weighted by atomic mass is 19.1. The number of likely N-dealkylation sites (tertiary alicyclic amines) is 1. The molecule has 0 aliphatic carbocycles. The fourth-order valence-electron chi connectivity index (χ4n) is 2.20. The lowest BCUT2D eigenvalue weighted by atomic mass is 10.00. The van der Waals surface area contributed by atoms with E-state index in [-0.39, 0.29) is 37.7 Å². The number of amides is 2. The molecule has 7 heteroatoms. The molecule has 1 aliphatic heterocycles. The van der Waals surface area contributed by atoms with Gasteiger partial charge in [-0.3, -0.25) is 9.59 Å². The molecule has 1 N–H and O–H groups in total. The first-order chi connectivity index (χ1) is 9.66. The molecule has 0 aromatic carbocycles. The van der Waals surface area contributed by atoms with Crippen LogP contribution in [0.25, 0.3) is 0 Å². The van der Waals surface area contributed by atoms with E-state index in [1.807, 2.05) is 19.9 Å². The third-order valence-corrected chi connectivity index (χ3v) is 3.53. The van der Waals surface area contributed by atoms with Crippen LogP contribution in [0.4, 0.5) is 4.39 Å². The van der Waals surface area contributed by atoms with Gasteiger partial charge in [0.15, 0.2) is 0 Å². The molecule has 0 aromatic heterocycles. The number of rotatable bonds is 5. The van der Waals surface area contributed by atoms with Gasteiger partial charge in [0.25, 0.3) is 0 Å².